The lowest BCUT2D eigenvalue weighted by Gasteiger charge is -2.20. The van der Waals surface area contributed by atoms with Crippen LogP contribution in [0.4, 0.5) is 30.7 Å². The Bertz CT molecular complexity index is 859. The van der Waals surface area contributed by atoms with Gasteiger partial charge in [0.25, 0.3) is 6.43 Å². The summed E-state index contributed by atoms with van der Waals surface area (Å²) in [5.74, 6) is -5.44. The minimum absolute atomic E-state index is 0.238. The SMILES string of the molecule is CCCCCc1cc(F)c(C(F)(F)Oc2ccc(OC=CC(F)F)c(F)c2)c(F)c1. The van der Waals surface area contributed by atoms with E-state index in [0.717, 1.165) is 37.1 Å². The summed E-state index contributed by atoms with van der Waals surface area (Å²) in [7, 11) is 0. The first kappa shape index (κ1) is 23.6. The molecule has 0 aliphatic heterocycles. The monoisotopic (exact) mass is 436 g/mol. The van der Waals surface area contributed by atoms with E-state index >= 15 is 0 Å². The topological polar surface area (TPSA) is 18.5 Å². The normalized spacial score (nSPS) is 12.0. The van der Waals surface area contributed by atoms with E-state index in [1.807, 2.05) is 6.92 Å². The highest BCUT2D eigenvalue weighted by atomic mass is 19.3. The van der Waals surface area contributed by atoms with E-state index in [4.69, 9.17) is 0 Å². The van der Waals surface area contributed by atoms with Gasteiger partial charge in [-0.2, -0.15) is 8.78 Å². The summed E-state index contributed by atoms with van der Waals surface area (Å²) in [5, 5.41) is 0. The molecular formula is C21H19F7O2. The Hall–Kier alpha value is -2.71. The van der Waals surface area contributed by atoms with E-state index in [0.29, 0.717) is 31.2 Å². The van der Waals surface area contributed by atoms with Gasteiger partial charge in [-0.25, -0.2) is 22.0 Å². The highest BCUT2D eigenvalue weighted by molar-refractivity contribution is 5.35. The highest BCUT2D eigenvalue weighted by Gasteiger charge is 2.41. The van der Waals surface area contributed by atoms with Crippen LogP contribution >= 0.6 is 0 Å². The van der Waals surface area contributed by atoms with Gasteiger partial charge in [-0.15, -0.1) is 0 Å². The zero-order valence-corrected chi connectivity index (χ0v) is 15.9. The van der Waals surface area contributed by atoms with Crippen molar-refractivity contribution < 1.29 is 40.2 Å². The van der Waals surface area contributed by atoms with Crippen molar-refractivity contribution in [3.8, 4) is 11.5 Å². The van der Waals surface area contributed by atoms with Crippen LogP contribution in [0.25, 0.3) is 0 Å². The molecule has 0 aliphatic carbocycles. The molecule has 0 spiro atoms. The first-order valence-corrected chi connectivity index (χ1v) is 9.10. The van der Waals surface area contributed by atoms with Crippen molar-refractivity contribution in [3.63, 3.8) is 0 Å². The van der Waals surface area contributed by atoms with Gasteiger partial charge < -0.3 is 9.47 Å². The molecule has 0 bridgehead atoms. The summed E-state index contributed by atoms with van der Waals surface area (Å²) in [6, 6.07) is 3.81. The Kier molecular flexibility index (Phi) is 8.14. The Balaban J connectivity index is 2.18. The van der Waals surface area contributed by atoms with Crippen LogP contribution in [0.2, 0.25) is 0 Å². The molecule has 0 atom stereocenters. The summed E-state index contributed by atoms with van der Waals surface area (Å²) >= 11 is 0. The Morgan fingerprint density at radius 2 is 1.63 bits per heavy atom. The van der Waals surface area contributed by atoms with Crippen molar-refractivity contribution in [2.24, 2.45) is 0 Å². The van der Waals surface area contributed by atoms with Gasteiger partial charge >= 0.3 is 6.11 Å². The molecule has 9 heteroatoms. The smallest absolute Gasteiger partial charge is 0.432 e. The lowest BCUT2D eigenvalue weighted by molar-refractivity contribution is -0.189. The second-order valence-corrected chi connectivity index (χ2v) is 6.38. The molecule has 2 aromatic rings. The predicted molar refractivity (Wildman–Crippen MR) is 96.3 cm³/mol. The Morgan fingerprint density at radius 1 is 0.967 bits per heavy atom. The van der Waals surface area contributed by atoms with Gasteiger partial charge in [0.15, 0.2) is 11.6 Å². The maximum Gasteiger partial charge on any atom is 0.432 e. The fourth-order valence-electron chi connectivity index (χ4n) is 2.64. The molecule has 0 fully saturated rings. The summed E-state index contributed by atoms with van der Waals surface area (Å²) < 4.78 is 104. The van der Waals surface area contributed by atoms with Crippen LogP contribution in [0.15, 0.2) is 42.7 Å². The number of hydrogen-bond donors (Lipinski definition) is 0. The van der Waals surface area contributed by atoms with E-state index in [1.165, 1.54) is 0 Å². The number of halogens is 7. The number of ether oxygens (including phenoxy) is 2. The number of hydrogen-bond acceptors (Lipinski definition) is 2. The lowest BCUT2D eigenvalue weighted by atomic mass is 10.0. The number of unbranched alkanes of at least 4 members (excludes halogenated alkanes) is 2. The van der Waals surface area contributed by atoms with Gasteiger partial charge in [-0.1, -0.05) is 19.8 Å². The fourth-order valence-corrected chi connectivity index (χ4v) is 2.64. The van der Waals surface area contributed by atoms with Gasteiger partial charge in [0.2, 0.25) is 0 Å². The van der Waals surface area contributed by atoms with Gasteiger partial charge in [0.05, 0.1) is 6.26 Å². The van der Waals surface area contributed by atoms with Crippen LogP contribution in [0.5, 0.6) is 11.5 Å². The number of allylic oxidation sites excluding steroid dienone is 1. The van der Waals surface area contributed by atoms with Crippen LogP contribution in [0.3, 0.4) is 0 Å². The van der Waals surface area contributed by atoms with E-state index in [2.05, 4.69) is 9.47 Å². The minimum atomic E-state index is -4.43. The molecule has 30 heavy (non-hydrogen) atoms. The molecule has 0 aliphatic rings. The molecule has 2 nitrogen and oxygen atoms in total. The number of rotatable bonds is 10. The zero-order valence-electron chi connectivity index (χ0n) is 15.9. The molecule has 0 saturated heterocycles. The van der Waals surface area contributed by atoms with Crippen molar-refractivity contribution >= 4 is 0 Å². The van der Waals surface area contributed by atoms with E-state index in [-0.39, 0.29) is 5.56 Å². The Labute approximate surface area is 168 Å². The molecule has 0 unspecified atom stereocenters. The molecule has 0 aromatic heterocycles. The third-order valence-corrected chi connectivity index (χ3v) is 4.03. The molecule has 2 aromatic carbocycles. The van der Waals surface area contributed by atoms with Crippen molar-refractivity contribution in [2.45, 2.75) is 45.1 Å². The molecular weight excluding hydrogens is 417 g/mol. The van der Waals surface area contributed by atoms with E-state index in [1.54, 1.807) is 0 Å². The largest absolute Gasteiger partial charge is 0.462 e. The molecule has 0 heterocycles. The quantitative estimate of drug-likeness (QED) is 0.224. The lowest BCUT2D eigenvalue weighted by Crippen LogP contribution is -2.25. The predicted octanol–water partition coefficient (Wildman–Crippen LogP) is 7.12. The van der Waals surface area contributed by atoms with Gasteiger partial charge in [-0.3, -0.25) is 0 Å². The van der Waals surface area contributed by atoms with E-state index < -0.39 is 47.0 Å². The van der Waals surface area contributed by atoms with Crippen LogP contribution < -0.4 is 9.47 Å². The average Bonchev–Trinajstić information content (AvgIpc) is 2.62. The third kappa shape index (κ3) is 6.40. The van der Waals surface area contributed by atoms with Crippen molar-refractivity contribution in [1.82, 2.24) is 0 Å². The molecule has 0 radical (unpaired) electrons. The van der Waals surface area contributed by atoms with Gasteiger partial charge in [-0.05, 0) is 42.7 Å². The van der Waals surface area contributed by atoms with Gasteiger partial charge in [0, 0.05) is 12.1 Å². The molecule has 0 saturated carbocycles. The number of benzene rings is 2. The van der Waals surface area contributed by atoms with Crippen LogP contribution in [-0.4, -0.2) is 6.43 Å². The molecule has 0 N–H and O–H groups in total. The van der Waals surface area contributed by atoms with Gasteiger partial charge in [0.1, 0.15) is 22.9 Å². The van der Waals surface area contributed by atoms with E-state index in [9.17, 15) is 30.7 Å². The average molecular weight is 436 g/mol. The maximum atomic E-state index is 14.4. The second-order valence-electron chi connectivity index (χ2n) is 6.38. The number of aryl methyl sites for hydroxylation is 1. The first-order chi connectivity index (χ1) is 14.1. The standard InChI is InChI=1S/C21H19F7O2/c1-2-3-4-5-13-10-16(23)20(17(24)11-13)21(27,28)30-14-6-7-18(15(22)12-14)29-9-8-19(25)26/h6-12,19H,2-5H2,1H3. The van der Waals surface area contributed by atoms with Crippen LogP contribution in [0, 0.1) is 17.5 Å². The minimum Gasteiger partial charge on any atom is -0.462 e. The summed E-state index contributed by atoms with van der Waals surface area (Å²) in [4.78, 5) is 0. The van der Waals surface area contributed by atoms with Crippen molar-refractivity contribution in [1.29, 1.82) is 0 Å². The first-order valence-electron chi connectivity index (χ1n) is 9.10. The van der Waals surface area contributed by atoms with Crippen LogP contribution in [0.1, 0.15) is 37.3 Å². The summed E-state index contributed by atoms with van der Waals surface area (Å²) in [6.45, 7) is 1.95. The fraction of sp³-hybridized carbons (Fsp3) is 0.333. The van der Waals surface area contributed by atoms with Crippen molar-refractivity contribution in [2.75, 3.05) is 0 Å². The third-order valence-electron chi connectivity index (χ3n) is 4.03. The summed E-state index contributed by atoms with van der Waals surface area (Å²) in [5.41, 5.74) is -1.36. The molecule has 2 rings (SSSR count). The maximum absolute atomic E-state index is 14.4. The van der Waals surface area contributed by atoms with Crippen LogP contribution in [-0.2, 0) is 12.5 Å². The highest BCUT2D eigenvalue weighted by Crippen LogP contribution is 2.36. The Morgan fingerprint density at radius 3 is 2.20 bits per heavy atom. The molecule has 0 amide bonds. The molecule has 164 valence electrons. The zero-order chi connectivity index (χ0) is 22.3. The second kappa shape index (κ2) is 10.4. The number of alkyl halides is 4. The summed E-state index contributed by atoms with van der Waals surface area (Å²) in [6.07, 6.45) is -3.67. The van der Waals surface area contributed by atoms with Crippen molar-refractivity contribution in [3.05, 3.63) is 71.2 Å².